The number of ether oxygens (including phenoxy) is 1. The molecule has 34 heavy (non-hydrogen) atoms. The van der Waals surface area contributed by atoms with E-state index in [1.54, 1.807) is 13.0 Å². The van der Waals surface area contributed by atoms with Gasteiger partial charge in [-0.3, -0.25) is 4.79 Å². The van der Waals surface area contributed by atoms with Crippen LogP contribution in [0.2, 0.25) is 5.15 Å². The summed E-state index contributed by atoms with van der Waals surface area (Å²) in [6.45, 7) is 8.28. The van der Waals surface area contributed by atoms with Gasteiger partial charge in [0.1, 0.15) is 0 Å². The van der Waals surface area contributed by atoms with Crippen molar-refractivity contribution in [1.29, 1.82) is 0 Å². The molecule has 182 valence electrons. The molecule has 0 unspecified atom stereocenters. The van der Waals surface area contributed by atoms with Crippen molar-refractivity contribution in [3.63, 3.8) is 0 Å². The Labute approximate surface area is 207 Å². The molecule has 3 aromatic rings. The number of nitrogens with zero attached hydrogens (tertiary/aromatic N) is 3. The van der Waals surface area contributed by atoms with E-state index in [-0.39, 0.29) is 29.8 Å². The van der Waals surface area contributed by atoms with Crippen LogP contribution in [-0.4, -0.2) is 65.2 Å². The number of aromatic nitrogens is 3. The SMILES string of the molecule is CCN[C@@H]1CN(c2nc3cccc(C(=O)OCC)c3s2)CC[C@H]1NC(=O)c1nc(Cl)c(CC)[nH]1. The van der Waals surface area contributed by atoms with Crippen LogP contribution < -0.4 is 15.5 Å². The number of carbonyl (C=O) groups excluding carboxylic acids is 2. The van der Waals surface area contributed by atoms with Gasteiger partial charge in [-0.05, 0) is 38.4 Å². The van der Waals surface area contributed by atoms with Crippen LogP contribution in [0.25, 0.3) is 10.2 Å². The van der Waals surface area contributed by atoms with E-state index >= 15 is 0 Å². The first-order chi connectivity index (χ1) is 16.4. The maximum Gasteiger partial charge on any atom is 0.339 e. The Hall–Kier alpha value is -2.69. The van der Waals surface area contributed by atoms with Crippen molar-refractivity contribution in [3.8, 4) is 0 Å². The summed E-state index contributed by atoms with van der Waals surface area (Å²) in [4.78, 5) is 39.3. The highest BCUT2D eigenvalue weighted by atomic mass is 35.5. The van der Waals surface area contributed by atoms with Gasteiger partial charge in [-0.2, -0.15) is 0 Å². The summed E-state index contributed by atoms with van der Waals surface area (Å²) >= 11 is 7.60. The van der Waals surface area contributed by atoms with Crippen LogP contribution in [0.1, 0.15) is 53.9 Å². The van der Waals surface area contributed by atoms with E-state index in [0.29, 0.717) is 30.3 Å². The first-order valence-corrected chi connectivity index (χ1v) is 12.7. The highest BCUT2D eigenvalue weighted by Crippen LogP contribution is 2.33. The number of fused-ring (bicyclic) bond motifs is 1. The summed E-state index contributed by atoms with van der Waals surface area (Å²) in [6.07, 6.45) is 1.41. The standard InChI is InChI=1S/C23H29ClN6O3S/c1-4-14-19(24)29-20(26-14)21(31)27-15-10-11-30(12-17(15)25-5-2)23-28-16-9-7-8-13(18(16)34-23)22(32)33-6-3/h7-9,15,17,25H,4-6,10-12H2,1-3H3,(H,26,29)(H,27,31)/t15-,17-/m1/s1. The number of rotatable bonds is 8. The van der Waals surface area contributed by atoms with Gasteiger partial charge in [0, 0.05) is 25.2 Å². The normalized spacial score (nSPS) is 18.3. The minimum absolute atomic E-state index is 0.0234. The van der Waals surface area contributed by atoms with Crippen LogP contribution in [0.5, 0.6) is 0 Å². The number of aryl methyl sites for hydroxylation is 1. The number of hydrogen-bond donors (Lipinski definition) is 3. The number of benzene rings is 1. The van der Waals surface area contributed by atoms with E-state index in [2.05, 4.69) is 25.5 Å². The molecule has 3 heterocycles. The first kappa shape index (κ1) is 24.4. The van der Waals surface area contributed by atoms with Crippen LogP contribution >= 0.6 is 22.9 Å². The van der Waals surface area contributed by atoms with E-state index in [1.165, 1.54) is 11.3 Å². The monoisotopic (exact) mass is 504 g/mol. The van der Waals surface area contributed by atoms with Gasteiger partial charge in [0.05, 0.1) is 28.1 Å². The molecule has 1 aromatic carbocycles. The number of esters is 1. The zero-order chi connectivity index (χ0) is 24.2. The van der Waals surface area contributed by atoms with Crippen molar-refractivity contribution in [2.75, 3.05) is 31.1 Å². The summed E-state index contributed by atoms with van der Waals surface area (Å²) in [5.41, 5.74) is 2.07. The maximum atomic E-state index is 12.8. The molecule has 0 bridgehead atoms. The molecule has 0 saturated carbocycles. The third kappa shape index (κ3) is 5.03. The Morgan fingerprint density at radius 3 is 2.79 bits per heavy atom. The molecule has 9 nitrogen and oxygen atoms in total. The molecule has 2 aromatic heterocycles. The zero-order valence-corrected chi connectivity index (χ0v) is 21.1. The Bertz CT molecular complexity index is 1180. The van der Waals surface area contributed by atoms with Gasteiger partial charge in [0.25, 0.3) is 5.91 Å². The lowest BCUT2D eigenvalue weighted by Crippen LogP contribution is -2.59. The number of piperidine rings is 1. The Morgan fingerprint density at radius 1 is 1.26 bits per heavy atom. The molecule has 11 heteroatoms. The lowest BCUT2D eigenvalue weighted by molar-refractivity contribution is 0.0528. The number of H-pyrrole nitrogens is 1. The van der Waals surface area contributed by atoms with Crippen molar-refractivity contribution >= 4 is 50.2 Å². The van der Waals surface area contributed by atoms with Gasteiger partial charge in [-0.25, -0.2) is 14.8 Å². The highest BCUT2D eigenvalue weighted by molar-refractivity contribution is 7.22. The molecule has 0 spiro atoms. The van der Waals surface area contributed by atoms with Crippen LogP contribution in [0, 0.1) is 0 Å². The molecule has 1 aliphatic heterocycles. The highest BCUT2D eigenvalue weighted by Gasteiger charge is 2.32. The van der Waals surface area contributed by atoms with Crippen LogP contribution in [0.4, 0.5) is 5.13 Å². The van der Waals surface area contributed by atoms with Gasteiger partial charge >= 0.3 is 5.97 Å². The van der Waals surface area contributed by atoms with Crippen LogP contribution in [0.15, 0.2) is 18.2 Å². The largest absolute Gasteiger partial charge is 0.462 e. The average molecular weight is 505 g/mol. The number of thiazole rings is 1. The summed E-state index contributed by atoms with van der Waals surface area (Å²) < 4.78 is 6.03. The quantitative estimate of drug-likeness (QED) is 0.403. The number of anilines is 1. The Balaban J connectivity index is 1.50. The predicted octanol–water partition coefficient (Wildman–Crippen LogP) is 3.40. The molecule has 1 amide bonds. The van der Waals surface area contributed by atoms with E-state index in [4.69, 9.17) is 21.3 Å². The van der Waals surface area contributed by atoms with Gasteiger partial charge in [-0.1, -0.05) is 42.9 Å². The average Bonchev–Trinajstić information content (AvgIpc) is 3.43. The first-order valence-electron chi connectivity index (χ1n) is 11.5. The second kappa shape index (κ2) is 10.7. The van der Waals surface area contributed by atoms with Crippen molar-refractivity contribution in [1.82, 2.24) is 25.6 Å². The number of aromatic amines is 1. The van der Waals surface area contributed by atoms with Crippen molar-refractivity contribution in [2.45, 2.75) is 45.7 Å². The number of hydrogen-bond acceptors (Lipinski definition) is 8. The molecule has 3 N–H and O–H groups in total. The number of carbonyl (C=O) groups is 2. The summed E-state index contributed by atoms with van der Waals surface area (Å²) in [7, 11) is 0. The molecular weight excluding hydrogens is 476 g/mol. The fourth-order valence-electron chi connectivity index (χ4n) is 4.18. The number of nitrogens with one attached hydrogen (secondary N) is 3. The predicted molar refractivity (Wildman–Crippen MR) is 134 cm³/mol. The maximum absolute atomic E-state index is 12.8. The van der Waals surface area contributed by atoms with Gasteiger partial charge in [0.2, 0.25) is 0 Å². The fourth-order valence-corrected chi connectivity index (χ4v) is 5.54. The van der Waals surface area contributed by atoms with Gasteiger partial charge in [-0.15, -0.1) is 0 Å². The number of amides is 1. The molecule has 0 aliphatic carbocycles. The molecule has 1 saturated heterocycles. The van der Waals surface area contributed by atoms with E-state index < -0.39 is 0 Å². The second-order valence-corrected chi connectivity index (χ2v) is 9.39. The molecule has 0 radical (unpaired) electrons. The van der Waals surface area contributed by atoms with E-state index in [9.17, 15) is 9.59 Å². The minimum atomic E-state index is -0.334. The second-order valence-electron chi connectivity index (χ2n) is 8.06. The Morgan fingerprint density at radius 2 is 2.09 bits per heavy atom. The number of imidazole rings is 1. The molecule has 4 rings (SSSR count). The molecule has 1 aliphatic rings. The summed E-state index contributed by atoms with van der Waals surface area (Å²) in [6, 6.07) is 5.46. The zero-order valence-electron chi connectivity index (χ0n) is 19.5. The molecule has 2 atom stereocenters. The van der Waals surface area contributed by atoms with Crippen LogP contribution in [-0.2, 0) is 11.2 Å². The third-order valence-electron chi connectivity index (χ3n) is 5.86. The van der Waals surface area contributed by atoms with Crippen molar-refractivity contribution in [2.24, 2.45) is 0 Å². The van der Waals surface area contributed by atoms with E-state index in [1.807, 2.05) is 26.0 Å². The Kier molecular flexibility index (Phi) is 7.70. The lowest BCUT2D eigenvalue weighted by Gasteiger charge is -2.39. The lowest BCUT2D eigenvalue weighted by atomic mass is 9.99. The topological polar surface area (TPSA) is 112 Å². The summed E-state index contributed by atoms with van der Waals surface area (Å²) in [5, 5.41) is 7.79. The van der Waals surface area contributed by atoms with Gasteiger partial charge in [0.15, 0.2) is 16.1 Å². The third-order valence-corrected chi connectivity index (χ3v) is 7.34. The van der Waals surface area contributed by atoms with Crippen molar-refractivity contribution < 1.29 is 14.3 Å². The number of likely N-dealkylation sites (N-methyl/N-ethyl adjacent to an activating group) is 1. The fraction of sp³-hybridized carbons (Fsp3) is 0.478. The summed E-state index contributed by atoms with van der Waals surface area (Å²) in [5.74, 6) is -0.362. The smallest absolute Gasteiger partial charge is 0.339 e. The van der Waals surface area contributed by atoms with Crippen LogP contribution in [0.3, 0.4) is 0 Å². The van der Waals surface area contributed by atoms with Crippen molar-refractivity contribution in [3.05, 3.63) is 40.4 Å². The molecule has 1 fully saturated rings. The van der Waals surface area contributed by atoms with E-state index in [0.717, 1.165) is 40.6 Å². The number of halogens is 1. The van der Waals surface area contributed by atoms with Gasteiger partial charge < -0.3 is 25.3 Å². The minimum Gasteiger partial charge on any atom is -0.462 e. The molecular formula is C23H29ClN6O3S.